The lowest BCUT2D eigenvalue weighted by Crippen LogP contribution is -2.48. The average Bonchev–Trinajstić information content (AvgIpc) is 3.57. The molecule has 0 radical (unpaired) electrons. The Morgan fingerprint density at radius 1 is 0.872 bits per heavy atom. The van der Waals surface area contributed by atoms with Gasteiger partial charge in [0.15, 0.2) is 5.76 Å². The number of rotatable bonds is 7. The fourth-order valence-electron chi connectivity index (χ4n) is 5.25. The minimum absolute atomic E-state index is 0.0738. The molecule has 0 aliphatic carbocycles. The Bertz CT molecular complexity index is 1590. The van der Waals surface area contributed by atoms with Gasteiger partial charge >= 0.3 is 0 Å². The molecule has 0 bridgehead atoms. The first-order valence-electron chi connectivity index (χ1n) is 13.4. The monoisotopic (exact) mass is 520 g/mol. The second-order valence-corrected chi connectivity index (χ2v) is 10.00. The lowest BCUT2D eigenvalue weighted by atomic mass is 10.1. The summed E-state index contributed by atoms with van der Waals surface area (Å²) >= 11 is 0. The second-order valence-electron chi connectivity index (χ2n) is 10.00. The van der Waals surface area contributed by atoms with Crippen LogP contribution in [0.1, 0.15) is 33.3 Å². The van der Waals surface area contributed by atoms with Crippen LogP contribution >= 0.6 is 0 Å². The summed E-state index contributed by atoms with van der Waals surface area (Å²) < 4.78 is 13.9. The zero-order valence-corrected chi connectivity index (χ0v) is 22.3. The summed E-state index contributed by atoms with van der Waals surface area (Å²) in [5, 5.41) is 6.96. The molecule has 0 unspecified atom stereocenters. The smallest absolute Gasteiger partial charge is 0.289 e. The van der Waals surface area contributed by atoms with E-state index in [1.165, 1.54) is 5.56 Å². The maximum absolute atomic E-state index is 13.2. The van der Waals surface area contributed by atoms with E-state index in [1.54, 1.807) is 6.07 Å². The fourth-order valence-corrected chi connectivity index (χ4v) is 5.25. The molecule has 1 fully saturated rings. The molecule has 7 heteroatoms. The number of nitrogens with zero attached hydrogens (tertiary/aromatic N) is 4. The maximum Gasteiger partial charge on any atom is 0.289 e. The molecule has 1 aliphatic rings. The second kappa shape index (κ2) is 10.8. The van der Waals surface area contributed by atoms with E-state index in [0.717, 1.165) is 53.2 Å². The van der Waals surface area contributed by atoms with Crippen LogP contribution in [0.5, 0.6) is 5.75 Å². The summed E-state index contributed by atoms with van der Waals surface area (Å²) in [6.45, 7) is 8.21. The number of benzene rings is 3. The molecule has 198 valence electrons. The van der Waals surface area contributed by atoms with E-state index in [-0.39, 0.29) is 12.5 Å². The number of piperazine rings is 1. The molecule has 6 rings (SSSR count). The number of furan rings is 1. The molecule has 5 aromatic rings. The number of para-hydroxylation sites is 1. The summed E-state index contributed by atoms with van der Waals surface area (Å²) in [5.74, 6) is 1.71. The topological polar surface area (TPSA) is 63.7 Å². The number of fused-ring (bicyclic) bond motifs is 1. The Balaban J connectivity index is 1.05. The molecule has 2 aromatic heterocycles. The van der Waals surface area contributed by atoms with Gasteiger partial charge in [-0.2, -0.15) is 5.10 Å². The highest BCUT2D eigenvalue weighted by molar-refractivity contribution is 5.91. The Morgan fingerprint density at radius 3 is 2.44 bits per heavy atom. The van der Waals surface area contributed by atoms with E-state index >= 15 is 0 Å². The molecule has 0 atom stereocenters. The average molecular weight is 521 g/mol. The van der Waals surface area contributed by atoms with E-state index in [1.807, 2.05) is 64.2 Å². The normalized spacial score (nSPS) is 14.2. The van der Waals surface area contributed by atoms with Crippen molar-refractivity contribution >= 4 is 16.7 Å². The zero-order chi connectivity index (χ0) is 26.8. The van der Waals surface area contributed by atoms with Gasteiger partial charge in [-0.25, -0.2) is 4.68 Å². The van der Waals surface area contributed by atoms with E-state index in [9.17, 15) is 4.79 Å². The number of carbonyl (C=O) groups excluding carboxylic acids is 1. The van der Waals surface area contributed by atoms with Crippen molar-refractivity contribution in [3.05, 3.63) is 113 Å². The van der Waals surface area contributed by atoms with Crippen molar-refractivity contribution in [2.45, 2.75) is 27.0 Å². The van der Waals surface area contributed by atoms with Crippen LogP contribution < -0.4 is 4.74 Å². The molecule has 3 heterocycles. The predicted molar refractivity (Wildman–Crippen MR) is 151 cm³/mol. The number of carbonyl (C=O) groups is 1. The van der Waals surface area contributed by atoms with E-state index in [2.05, 4.69) is 43.0 Å². The van der Waals surface area contributed by atoms with Gasteiger partial charge in [0.2, 0.25) is 0 Å². The Kier molecular flexibility index (Phi) is 6.90. The molecule has 39 heavy (non-hydrogen) atoms. The molecule has 0 N–H and O–H groups in total. The quantitative estimate of drug-likeness (QED) is 0.273. The Hall–Kier alpha value is -4.36. The van der Waals surface area contributed by atoms with Gasteiger partial charge in [0.05, 0.1) is 11.4 Å². The van der Waals surface area contributed by atoms with Crippen LogP contribution in [0, 0.1) is 13.8 Å². The van der Waals surface area contributed by atoms with Crippen molar-refractivity contribution in [3.63, 3.8) is 0 Å². The summed E-state index contributed by atoms with van der Waals surface area (Å²) in [7, 11) is 0. The summed E-state index contributed by atoms with van der Waals surface area (Å²) in [5.41, 5.74) is 4.52. The molecular formula is C32H32N4O3. The van der Waals surface area contributed by atoms with Gasteiger partial charge in [-0.15, -0.1) is 0 Å². The van der Waals surface area contributed by atoms with E-state index in [4.69, 9.17) is 14.3 Å². The molecule has 7 nitrogen and oxygen atoms in total. The van der Waals surface area contributed by atoms with Gasteiger partial charge in [-0.05, 0) is 49.6 Å². The number of aryl methyl sites for hydroxylation is 1. The summed E-state index contributed by atoms with van der Waals surface area (Å²) in [4.78, 5) is 17.4. The Morgan fingerprint density at radius 2 is 1.62 bits per heavy atom. The van der Waals surface area contributed by atoms with Gasteiger partial charge in [-0.1, -0.05) is 54.6 Å². The highest BCUT2D eigenvalue weighted by atomic mass is 16.5. The van der Waals surface area contributed by atoms with Crippen molar-refractivity contribution in [3.8, 4) is 11.4 Å². The van der Waals surface area contributed by atoms with Gasteiger partial charge in [0, 0.05) is 49.4 Å². The lowest BCUT2D eigenvalue weighted by Gasteiger charge is -2.34. The number of aromatic nitrogens is 2. The number of amides is 1. The van der Waals surface area contributed by atoms with Crippen LogP contribution in [-0.2, 0) is 13.2 Å². The van der Waals surface area contributed by atoms with Crippen LogP contribution in [0.4, 0.5) is 0 Å². The van der Waals surface area contributed by atoms with Crippen LogP contribution in [0.15, 0.2) is 89.3 Å². The summed E-state index contributed by atoms with van der Waals surface area (Å²) in [6, 6.07) is 27.9. The molecule has 1 saturated heterocycles. The van der Waals surface area contributed by atoms with Crippen molar-refractivity contribution < 1.29 is 13.9 Å². The molecule has 0 spiro atoms. The first-order valence-corrected chi connectivity index (χ1v) is 13.4. The standard InChI is InChI=1S/C32H32N4O3/c1-23-29(24(2)36(33-23)26-11-4-3-5-12-26)21-34-17-19-35(20-18-34)32(37)31-16-15-27(39-31)22-38-30-14-8-10-25-9-6-7-13-28(25)30/h3-16H,17-22H2,1-2H3. The zero-order valence-electron chi connectivity index (χ0n) is 22.3. The van der Waals surface area contributed by atoms with Gasteiger partial charge in [0.1, 0.15) is 18.1 Å². The van der Waals surface area contributed by atoms with E-state index in [0.29, 0.717) is 24.6 Å². The molecular weight excluding hydrogens is 488 g/mol. The molecule has 1 amide bonds. The summed E-state index contributed by atoms with van der Waals surface area (Å²) in [6.07, 6.45) is 0. The first kappa shape index (κ1) is 24.9. The number of hydrogen-bond acceptors (Lipinski definition) is 5. The largest absolute Gasteiger partial charge is 0.485 e. The maximum atomic E-state index is 13.2. The lowest BCUT2D eigenvalue weighted by molar-refractivity contribution is 0.0593. The van der Waals surface area contributed by atoms with Gasteiger partial charge in [0.25, 0.3) is 5.91 Å². The van der Waals surface area contributed by atoms with Crippen molar-refractivity contribution in [1.82, 2.24) is 19.6 Å². The third-order valence-electron chi connectivity index (χ3n) is 7.48. The van der Waals surface area contributed by atoms with Crippen LogP contribution in [0.2, 0.25) is 0 Å². The van der Waals surface area contributed by atoms with Gasteiger partial charge in [-0.3, -0.25) is 9.69 Å². The van der Waals surface area contributed by atoms with Crippen LogP contribution in [-0.4, -0.2) is 51.7 Å². The highest BCUT2D eigenvalue weighted by Gasteiger charge is 2.26. The van der Waals surface area contributed by atoms with Crippen LogP contribution in [0.3, 0.4) is 0 Å². The highest BCUT2D eigenvalue weighted by Crippen LogP contribution is 2.26. The predicted octanol–water partition coefficient (Wildman–Crippen LogP) is 5.77. The van der Waals surface area contributed by atoms with Crippen LogP contribution in [0.25, 0.3) is 16.5 Å². The van der Waals surface area contributed by atoms with Crippen molar-refractivity contribution in [1.29, 1.82) is 0 Å². The molecule has 0 saturated carbocycles. The van der Waals surface area contributed by atoms with Crippen molar-refractivity contribution in [2.75, 3.05) is 26.2 Å². The minimum Gasteiger partial charge on any atom is -0.485 e. The van der Waals surface area contributed by atoms with Crippen molar-refractivity contribution in [2.24, 2.45) is 0 Å². The third-order valence-corrected chi connectivity index (χ3v) is 7.48. The molecule has 1 aliphatic heterocycles. The van der Waals surface area contributed by atoms with E-state index < -0.39 is 0 Å². The molecule has 3 aromatic carbocycles. The first-order chi connectivity index (χ1) is 19.1. The fraction of sp³-hybridized carbons (Fsp3) is 0.250. The number of ether oxygens (including phenoxy) is 1. The Labute approximate surface area is 228 Å². The SMILES string of the molecule is Cc1nn(-c2ccccc2)c(C)c1CN1CCN(C(=O)c2ccc(COc3cccc4ccccc34)o2)CC1. The minimum atomic E-state index is -0.0738. The third kappa shape index (κ3) is 5.18. The number of hydrogen-bond donors (Lipinski definition) is 0. The van der Waals surface area contributed by atoms with Gasteiger partial charge < -0.3 is 14.1 Å².